The molecular weight excluding hydrogens is 370 g/mol. The zero-order valence-electron chi connectivity index (χ0n) is 17.7. The molecule has 29 heavy (non-hydrogen) atoms. The molecule has 1 amide bonds. The summed E-state index contributed by atoms with van der Waals surface area (Å²) in [6, 6.07) is 6.21. The largest absolute Gasteiger partial charge is 0.497 e. The molecule has 0 atom stereocenters. The minimum atomic E-state index is -0.158. The summed E-state index contributed by atoms with van der Waals surface area (Å²) >= 11 is 0. The number of hydrogen-bond acceptors (Lipinski definition) is 6. The maximum atomic E-state index is 12.2. The minimum absolute atomic E-state index is 0.158. The number of hydrogen-bond donors (Lipinski definition) is 1. The number of rotatable bonds is 8. The van der Waals surface area contributed by atoms with E-state index in [2.05, 4.69) is 40.4 Å². The van der Waals surface area contributed by atoms with Gasteiger partial charge in [-0.05, 0) is 24.8 Å². The Labute approximate surface area is 172 Å². The number of ether oxygens (including phenoxy) is 2. The maximum absolute atomic E-state index is 12.2. The van der Waals surface area contributed by atoms with Crippen LogP contribution in [0.1, 0.15) is 48.8 Å². The van der Waals surface area contributed by atoms with Crippen LogP contribution in [-0.2, 0) is 6.54 Å². The van der Waals surface area contributed by atoms with Crippen LogP contribution in [0.4, 0.5) is 0 Å². The van der Waals surface area contributed by atoms with Gasteiger partial charge in [0.2, 0.25) is 0 Å². The Bertz CT molecular complexity index is 812. The molecule has 2 aromatic rings. The molecular formula is C21H31N5O3. The average molecular weight is 402 g/mol. The van der Waals surface area contributed by atoms with Gasteiger partial charge in [0.1, 0.15) is 11.5 Å². The summed E-state index contributed by atoms with van der Waals surface area (Å²) in [4.78, 5) is 14.6. The summed E-state index contributed by atoms with van der Waals surface area (Å²) in [6.07, 6.45) is 3.70. The van der Waals surface area contributed by atoms with Crippen LogP contribution in [0, 0.1) is 5.92 Å². The van der Waals surface area contributed by atoms with Gasteiger partial charge in [-0.2, -0.15) is 0 Å². The third-order valence-corrected chi connectivity index (χ3v) is 5.23. The van der Waals surface area contributed by atoms with E-state index in [1.807, 2.05) is 16.8 Å². The number of amides is 1. The fourth-order valence-electron chi connectivity index (χ4n) is 3.51. The van der Waals surface area contributed by atoms with Crippen molar-refractivity contribution >= 4 is 5.91 Å². The fourth-order valence-corrected chi connectivity index (χ4v) is 3.51. The van der Waals surface area contributed by atoms with Crippen molar-refractivity contribution in [2.75, 3.05) is 33.9 Å². The van der Waals surface area contributed by atoms with E-state index in [1.54, 1.807) is 20.4 Å². The topological polar surface area (TPSA) is 81.5 Å². The molecule has 0 aliphatic carbocycles. The highest BCUT2D eigenvalue weighted by atomic mass is 16.5. The van der Waals surface area contributed by atoms with Crippen LogP contribution in [0.5, 0.6) is 11.5 Å². The Morgan fingerprint density at radius 3 is 2.66 bits per heavy atom. The van der Waals surface area contributed by atoms with Crippen LogP contribution >= 0.6 is 0 Å². The first kappa shape index (κ1) is 21.1. The lowest BCUT2D eigenvalue weighted by Gasteiger charge is -2.32. The lowest BCUT2D eigenvalue weighted by Crippen LogP contribution is -2.34. The molecule has 1 aromatic carbocycles. The first-order valence-electron chi connectivity index (χ1n) is 10.1. The normalized spacial score (nSPS) is 15.5. The van der Waals surface area contributed by atoms with Crippen LogP contribution in [0.3, 0.4) is 0 Å². The standard InChI is InChI=1S/C21H31N5O3/c1-15(2)12-22-21(27)19-14-26(24-23-19)17-7-9-25(10-8-17)13-16-5-6-18(28-3)11-20(16)29-4/h5-6,11,14-15,17H,7-10,12-13H2,1-4H3,(H,22,27). The van der Waals surface area contributed by atoms with Crippen molar-refractivity contribution in [2.24, 2.45) is 5.92 Å². The van der Waals surface area contributed by atoms with Crippen molar-refractivity contribution in [3.63, 3.8) is 0 Å². The molecule has 158 valence electrons. The Morgan fingerprint density at radius 2 is 2.00 bits per heavy atom. The highest BCUT2D eigenvalue weighted by Gasteiger charge is 2.23. The lowest BCUT2D eigenvalue weighted by molar-refractivity contribution is 0.0944. The summed E-state index contributed by atoms with van der Waals surface area (Å²) in [5.74, 6) is 1.89. The van der Waals surface area contributed by atoms with Crippen LogP contribution in [0.25, 0.3) is 0 Å². The quantitative estimate of drug-likeness (QED) is 0.732. The van der Waals surface area contributed by atoms with Crippen LogP contribution in [-0.4, -0.2) is 59.7 Å². The number of aromatic nitrogens is 3. The fraction of sp³-hybridized carbons (Fsp3) is 0.571. The van der Waals surface area contributed by atoms with Gasteiger partial charge in [-0.25, -0.2) is 4.68 Å². The molecule has 1 aliphatic rings. The van der Waals surface area contributed by atoms with Crippen molar-refractivity contribution < 1.29 is 14.3 Å². The molecule has 1 fully saturated rings. The van der Waals surface area contributed by atoms with E-state index in [9.17, 15) is 4.79 Å². The van der Waals surface area contributed by atoms with Crippen molar-refractivity contribution in [3.05, 3.63) is 35.7 Å². The van der Waals surface area contributed by atoms with E-state index in [4.69, 9.17) is 9.47 Å². The zero-order valence-corrected chi connectivity index (χ0v) is 17.7. The average Bonchev–Trinajstić information content (AvgIpc) is 3.23. The Kier molecular flexibility index (Phi) is 7.09. The number of nitrogens with zero attached hydrogens (tertiary/aromatic N) is 4. The smallest absolute Gasteiger partial charge is 0.273 e. The number of nitrogens with one attached hydrogen (secondary N) is 1. The Hall–Kier alpha value is -2.61. The zero-order chi connectivity index (χ0) is 20.8. The van der Waals surface area contributed by atoms with Gasteiger partial charge < -0.3 is 14.8 Å². The second-order valence-electron chi connectivity index (χ2n) is 7.87. The highest BCUT2D eigenvalue weighted by Crippen LogP contribution is 2.28. The van der Waals surface area contributed by atoms with E-state index < -0.39 is 0 Å². The summed E-state index contributed by atoms with van der Waals surface area (Å²) in [5.41, 5.74) is 1.53. The lowest BCUT2D eigenvalue weighted by atomic mass is 10.0. The number of carbonyl (C=O) groups is 1. The third kappa shape index (κ3) is 5.47. The van der Waals surface area contributed by atoms with Gasteiger partial charge in [0.05, 0.1) is 26.5 Å². The molecule has 3 rings (SSSR count). The third-order valence-electron chi connectivity index (χ3n) is 5.23. The van der Waals surface area contributed by atoms with Gasteiger partial charge >= 0.3 is 0 Å². The SMILES string of the molecule is COc1ccc(CN2CCC(n3cc(C(=O)NCC(C)C)nn3)CC2)c(OC)c1. The number of methoxy groups -OCH3 is 2. The van der Waals surface area contributed by atoms with Crippen molar-refractivity contribution in [2.45, 2.75) is 39.3 Å². The Morgan fingerprint density at radius 1 is 1.24 bits per heavy atom. The van der Waals surface area contributed by atoms with Crippen molar-refractivity contribution in [1.82, 2.24) is 25.2 Å². The van der Waals surface area contributed by atoms with Gasteiger partial charge in [0.15, 0.2) is 5.69 Å². The predicted octanol–water partition coefficient (Wildman–Crippen LogP) is 2.52. The summed E-state index contributed by atoms with van der Waals surface area (Å²) < 4.78 is 12.6. The van der Waals surface area contributed by atoms with Gasteiger partial charge in [0.25, 0.3) is 5.91 Å². The molecule has 2 heterocycles. The molecule has 1 N–H and O–H groups in total. The van der Waals surface area contributed by atoms with Crippen molar-refractivity contribution in [1.29, 1.82) is 0 Å². The summed E-state index contributed by atoms with van der Waals surface area (Å²) in [7, 11) is 3.34. The summed E-state index contributed by atoms with van der Waals surface area (Å²) in [6.45, 7) is 7.50. The molecule has 8 nitrogen and oxygen atoms in total. The Balaban J connectivity index is 1.54. The number of carbonyl (C=O) groups excluding carboxylic acids is 1. The molecule has 0 saturated carbocycles. The number of benzene rings is 1. The van der Waals surface area contributed by atoms with Gasteiger partial charge in [-0.1, -0.05) is 25.1 Å². The molecule has 1 aliphatic heterocycles. The van der Waals surface area contributed by atoms with E-state index in [0.29, 0.717) is 18.2 Å². The van der Waals surface area contributed by atoms with E-state index in [0.717, 1.165) is 49.5 Å². The van der Waals surface area contributed by atoms with E-state index in [-0.39, 0.29) is 11.9 Å². The summed E-state index contributed by atoms with van der Waals surface area (Å²) in [5, 5.41) is 11.1. The molecule has 0 spiro atoms. The van der Waals surface area contributed by atoms with Crippen LogP contribution in [0.2, 0.25) is 0 Å². The number of likely N-dealkylation sites (tertiary alicyclic amines) is 1. The first-order chi connectivity index (χ1) is 14.0. The number of piperidine rings is 1. The van der Waals surface area contributed by atoms with E-state index in [1.165, 1.54) is 0 Å². The minimum Gasteiger partial charge on any atom is -0.497 e. The van der Waals surface area contributed by atoms with Gasteiger partial charge in [-0.15, -0.1) is 5.10 Å². The molecule has 1 saturated heterocycles. The second-order valence-corrected chi connectivity index (χ2v) is 7.87. The highest BCUT2D eigenvalue weighted by molar-refractivity contribution is 5.91. The van der Waals surface area contributed by atoms with Crippen molar-refractivity contribution in [3.8, 4) is 11.5 Å². The molecule has 1 aromatic heterocycles. The second kappa shape index (κ2) is 9.73. The monoisotopic (exact) mass is 401 g/mol. The van der Waals surface area contributed by atoms with Crippen LogP contribution in [0.15, 0.2) is 24.4 Å². The maximum Gasteiger partial charge on any atom is 0.273 e. The van der Waals surface area contributed by atoms with Gasteiger partial charge in [-0.3, -0.25) is 9.69 Å². The molecule has 8 heteroatoms. The molecule has 0 unspecified atom stereocenters. The predicted molar refractivity (Wildman–Crippen MR) is 110 cm³/mol. The molecule has 0 radical (unpaired) electrons. The van der Waals surface area contributed by atoms with E-state index >= 15 is 0 Å². The van der Waals surface area contributed by atoms with Gasteiger partial charge in [0, 0.05) is 37.8 Å². The van der Waals surface area contributed by atoms with Crippen LogP contribution < -0.4 is 14.8 Å². The molecule has 0 bridgehead atoms. The first-order valence-corrected chi connectivity index (χ1v) is 10.1.